The molecule has 1 fully saturated rings. The fraction of sp³-hybridized carbons (Fsp3) is 0.538. The van der Waals surface area contributed by atoms with Crippen molar-refractivity contribution in [3.63, 3.8) is 0 Å². The Labute approximate surface area is 107 Å². The molecule has 0 radical (unpaired) electrons. The Bertz CT molecular complexity index is 507. The molecular formula is C13H19N5. The molecule has 0 saturated heterocycles. The molecule has 2 aromatic rings. The molecule has 0 atom stereocenters. The van der Waals surface area contributed by atoms with Gasteiger partial charge in [0, 0.05) is 24.5 Å². The molecule has 0 aromatic carbocycles. The van der Waals surface area contributed by atoms with Crippen LogP contribution in [0.5, 0.6) is 0 Å². The van der Waals surface area contributed by atoms with Gasteiger partial charge < -0.3 is 5.73 Å². The van der Waals surface area contributed by atoms with Gasteiger partial charge in [0.15, 0.2) is 0 Å². The summed E-state index contributed by atoms with van der Waals surface area (Å²) in [5, 5.41) is 8.92. The Kier molecular flexibility index (Phi) is 3.15. The second-order valence-electron chi connectivity index (χ2n) is 4.98. The highest BCUT2D eigenvalue weighted by molar-refractivity contribution is 5.06. The van der Waals surface area contributed by atoms with E-state index < -0.39 is 0 Å². The molecule has 0 amide bonds. The van der Waals surface area contributed by atoms with Crippen molar-refractivity contribution in [1.29, 1.82) is 0 Å². The Hall–Kier alpha value is -1.62. The van der Waals surface area contributed by atoms with Crippen LogP contribution in [0.3, 0.4) is 0 Å². The van der Waals surface area contributed by atoms with Crippen molar-refractivity contribution in [2.24, 2.45) is 5.73 Å². The van der Waals surface area contributed by atoms with E-state index in [4.69, 9.17) is 5.73 Å². The number of hydrogen-bond donors (Lipinski definition) is 1. The van der Waals surface area contributed by atoms with E-state index in [1.165, 1.54) is 25.7 Å². The number of nitrogens with zero attached hydrogens (tertiary/aromatic N) is 4. The lowest BCUT2D eigenvalue weighted by Gasteiger charge is -2.08. The van der Waals surface area contributed by atoms with E-state index in [1.807, 2.05) is 17.1 Å². The molecule has 0 bridgehead atoms. The van der Waals surface area contributed by atoms with E-state index in [2.05, 4.69) is 27.1 Å². The summed E-state index contributed by atoms with van der Waals surface area (Å²) in [5.41, 5.74) is 7.69. The molecule has 3 rings (SSSR count). The van der Waals surface area contributed by atoms with Gasteiger partial charge in [0.1, 0.15) is 0 Å². The Morgan fingerprint density at radius 3 is 2.89 bits per heavy atom. The second kappa shape index (κ2) is 4.94. The van der Waals surface area contributed by atoms with Gasteiger partial charge in [-0.25, -0.2) is 0 Å². The minimum absolute atomic E-state index is 0.538. The van der Waals surface area contributed by atoms with Gasteiger partial charge >= 0.3 is 0 Å². The van der Waals surface area contributed by atoms with Gasteiger partial charge in [0.2, 0.25) is 0 Å². The van der Waals surface area contributed by atoms with E-state index in [0.717, 1.165) is 17.8 Å². The molecular weight excluding hydrogens is 226 g/mol. The van der Waals surface area contributed by atoms with Gasteiger partial charge in [0.25, 0.3) is 0 Å². The van der Waals surface area contributed by atoms with Gasteiger partial charge in [-0.15, -0.1) is 0 Å². The third kappa shape index (κ3) is 2.31. The van der Waals surface area contributed by atoms with E-state index in [0.29, 0.717) is 12.6 Å². The molecule has 1 saturated carbocycles. The van der Waals surface area contributed by atoms with Crippen LogP contribution in [0.2, 0.25) is 0 Å². The predicted molar refractivity (Wildman–Crippen MR) is 69.0 cm³/mol. The van der Waals surface area contributed by atoms with Crippen LogP contribution in [0, 0.1) is 0 Å². The van der Waals surface area contributed by atoms with E-state index in [9.17, 15) is 0 Å². The summed E-state index contributed by atoms with van der Waals surface area (Å²) in [4.78, 5) is 0. The van der Waals surface area contributed by atoms with Crippen molar-refractivity contribution in [3.05, 3.63) is 35.9 Å². The van der Waals surface area contributed by atoms with Gasteiger partial charge in [-0.1, -0.05) is 12.8 Å². The van der Waals surface area contributed by atoms with Crippen LogP contribution in [0.1, 0.15) is 43.0 Å². The van der Waals surface area contributed by atoms with E-state index in [-0.39, 0.29) is 0 Å². The topological polar surface area (TPSA) is 61.7 Å². The largest absolute Gasteiger partial charge is 0.326 e. The van der Waals surface area contributed by atoms with E-state index >= 15 is 0 Å². The van der Waals surface area contributed by atoms with Crippen LogP contribution >= 0.6 is 0 Å². The molecule has 1 aliphatic rings. The maximum atomic E-state index is 5.57. The number of hydrogen-bond acceptors (Lipinski definition) is 3. The van der Waals surface area contributed by atoms with Crippen molar-refractivity contribution in [2.75, 3.05) is 0 Å². The van der Waals surface area contributed by atoms with Gasteiger partial charge in [-0.3, -0.25) is 9.36 Å². The summed E-state index contributed by atoms with van der Waals surface area (Å²) in [6.45, 7) is 1.26. The maximum absolute atomic E-state index is 5.57. The average molecular weight is 245 g/mol. The summed E-state index contributed by atoms with van der Waals surface area (Å²) in [6.07, 6.45) is 11.1. The highest BCUT2D eigenvalue weighted by Crippen LogP contribution is 2.28. The Morgan fingerprint density at radius 2 is 2.17 bits per heavy atom. The summed E-state index contributed by atoms with van der Waals surface area (Å²) in [7, 11) is 0. The lowest BCUT2D eigenvalue weighted by Crippen LogP contribution is -2.07. The molecule has 5 heteroatoms. The molecule has 18 heavy (non-hydrogen) atoms. The number of rotatable bonds is 4. The zero-order valence-electron chi connectivity index (χ0n) is 10.5. The minimum Gasteiger partial charge on any atom is -0.326 e. The Morgan fingerprint density at radius 1 is 1.33 bits per heavy atom. The van der Waals surface area contributed by atoms with Crippen LogP contribution < -0.4 is 5.73 Å². The van der Waals surface area contributed by atoms with Crippen molar-refractivity contribution in [2.45, 2.75) is 44.8 Å². The van der Waals surface area contributed by atoms with Crippen molar-refractivity contribution in [1.82, 2.24) is 19.6 Å². The fourth-order valence-corrected chi connectivity index (χ4v) is 2.60. The molecule has 0 unspecified atom stereocenters. The predicted octanol–water partition coefficient (Wildman–Crippen LogP) is 1.70. The molecule has 0 aliphatic heterocycles. The lowest BCUT2D eigenvalue weighted by molar-refractivity contribution is 0.460. The first-order valence-electron chi connectivity index (χ1n) is 6.60. The first kappa shape index (κ1) is 11.5. The minimum atomic E-state index is 0.538. The first-order valence-corrected chi connectivity index (χ1v) is 6.60. The normalized spacial score (nSPS) is 16.5. The number of nitrogens with two attached hydrogens (primary N) is 1. The molecule has 2 N–H and O–H groups in total. The SMILES string of the molecule is NCc1cnn(Cc2ccn(C3CCCC3)n2)c1. The van der Waals surface area contributed by atoms with Crippen LogP contribution in [0.15, 0.2) is 24.7 Å². The molecule has 0 spiro atoms. The summed E-state index contributed by atoms with van der Waals surface area (Å²) in [5.74, 6) is 0. The van der Waals surface area contributed by atoms with Crippen LogP contribution in [0.4, 0.5) is 0 Å². The third-order valence-electron chi connectivity index (χ3n) is 3.61. The zero-order chi connectivity index (χ0) is 12.4. The Balaban J connectivity index is 1.69. The summed E-state index contributed by atoms with van der Waals surface area (Å²) in [6, 6.07) is 2.69. The molecule has 2 aromatic heterocycles. The smallest absolute Gasteiger partial charge is 0.0849 e. The van der Waals surface area contributed by atoms with E-state index in [1.54, 1.807) is 0 Å². The quantitative estimate of drug-likeness (QED) is 0.891. The third-order valence-corrected chi connectivity index (χ3v) is 3.61. The molecule has 2 heterocycles. The van der Waals surface area contributed by atoms with Crippen LogP contribution in [-0.2, 0) is 13.1 Å². The number of aromatic nitrogens is 4. The van der Waals surface area contributed by atoms with Gasteiger partial charge in [-0.05, 0) is 18.9 Å². The summed E-state index contributed by atoms with van der Waals surface area (Å²) >= 11 is 0. The lowest BCUT2D eigenvalue weighted by atomic mass is 10.3. The van der Waals surface area contributed by atoms with Crippen molar-refractivity contribution in [3.8, 4) is 0 Å². The average Bonchev–Trinajstić information content (AvgIpc) is 3.10. The molecule has 5 nitrogen and oxygen atoms in total. The molecule has 1 aliphatic carbocycles. The standard InChI is InChI=1S/C13H19N5/c14-7-11-8-15-17(9-11)10-12-5-6-18(16-12)13-3-1-2-4-13/h5-6,8-9,13H,1-4,7,10,14H2. The van der Waals surface area contributed by atoms with Gasteiger partial charge in [0.05, 0.1) is 24.5 Å². The molecule has 96 valence electrons. The summed E-state index contributed by atoms with van der Waals surface area (Å²) < 4.78 is 4.01. The second-order valence-corrected chi connectivity index (χ2v) is 4.98. The van der Waals surface area contributed by atoms with Crippen LogP contribution in [-0.4, -0.2) is 19.6 Å². The highest BCUT2D eigenvalue weighted by Gasteiger charge is 2.17. The maximum Gasteiger partial charge on any atom is 0.0849 e. The highest BCUT2D eigenvalue weighted by atomic mass is 15.3. The van der Waals surface area contributed by atoms with Crippen molar-refractivity contribution >= 4 is 0 Å². The van der Waals surface area contributed by atoms with Crippen molar-refractivity contribution < 1.29 is 0 Å². The fourth-order valence-electron chi connectivity index (χ4n) is 2.60. The zero-order valence-corrected chi connectivity index (χ0v) is 10.5. The monoisotopic (exact) mass is 245 g/mol. The first-order chi connectivity index (χ1) is 8.85. The van der Waals surface area contributed by atoms with Gasteiger partial charge in [-0.2, -0.15) is 10.2 Å². The van der Waals surface area contributed by atoms with Crippen LogP contribution in [0.25, 0.3) is 0 Å².